The largest absolute Gasteiger partial charge is 0.497 e. The van der Waals surface area contributed by atoms with Crippen LogP contribution >= 0.6 is 0 Å². The fourth-order valence-corrected chi connectivity index (χ4v) is 5.13. The molecule has 1 amide bonds. The molecule has 0 spiro atoms. The molecule has 1 unspecified atom stereocenters. The molecule has 0 saturated carbocycles. The van der Waals surface area contributed by atoms with Crippen LogP contribution in [0.25, 0.3) is 11.0 Å². The highest BCUT2D eigenvalue weighted by Gasteiger charge is 2.36. The average Bonchev–Trinajstić information content (AvgIpc) is 3.47. The molecule has 1 aliphatic rings. The second-order valence-corrected chi connectivity index (χ2v) is 9.52. The van der Waals surface area contributed by atoms with Gasteiger partial charge in [0.15, 0.2) is 0 Å². The van der Waals surface area contributed by atoms with Crippen molar-refractivity contribution in [2.45, 2.75) is 39.2 Å². The van der Waals surface area contributed by atoms with Gasteiger partial charge in [-0.2, -0.15) is 0 Å². The highest BCUT2D eigenvalue weighted by atomic mass is 16.5. The van der Waals surface area contributed by atoms with Crippen LogP contribution in [0, 0.1) is 13.8 Å². The number of ether oxygens (including phenoxy) is 3. The lowest BCUT2D eigenvalue weighted by atomic mass is 10.1. The monoisotopic (exact) mass is 499 g/mol. The van der Waals surface area contributed by atoms with Crippen LogP contribution in [0.15, 0.2) is 60.7 Å². The van der Waals surface area contributed by atoms with E-state index in [4.69, 9.17) is 19.2 Å². The summed E-state index contributed by atoms with van der Waals surface area (Å²) in [5.74, 6) is 3.20. The van der Waals surface area contributed by atoms with Gasteiger partial charge in [-0.05, 0) is 56.2 Å². The number of amides is 1. The number of methoxy groups -OCH3 is 2. The number of nitrogens with zero attached hydrogens (tertiary/aromatic N) is 3. The summed E-state index contributed by atoms with van der Waals surface area (Å²) < 4.78 is 19.3. The molecule has 5 rings (SSSR count). The second kappa shape index (κ2) is 10.5. The van der Waals surface area contributed by atoms with Crippen molar-refractivity contribution in [2.24, 2.45) is 0 Å². The fraction of sp³-hybridized carbons (Fsp3) is 0.333. The molecule has 1 atom stereocenters. The van der Waals surface area contributed by atoms with Gasteiger partial charge in [-0.25, -0.2) is 4.98 Å². The number of carbonyl (C=O) groups excluding carboxylic acids is 1. The molecule has 0 radical (unpaired) electrons. The number of imidazole rings is 1. The Bertz CT molecular complexity index is 1430. The molecule has 4 aromatic rings. The van der Waals surface area contributed by atoms with Crippen LogP contribution in [0.2, 0.25) is 0 Å². The molecule has 0 bridgehead atoms. The van der Waals surface area contributed by atoms with Crippen LogP contribution < -0.4 is 19.1 Å². The minimum Gasteiger partial charge on any atom is -0.497 e. The van der Waals surface area contributed by atoms with Crippen LogP contribution in [0.3, 0.4) is 0 Å². The van der Waals surface area contributed by atoms with Gasteiger partial charge in [-0.1, -0.05) is 29.8 Å². The Morgan fingerprint density at radius 1 is 0.973 bits per heavy atom. The van der Waals surface area contributed by atoms with Crippen molar-refractivity contribution in [1.82, 2.24) is 9.55 Å². The van der Waals surface area contributed by atoms with Crippen molar-refractivity contribution < 1.29 is 19.0 Å². The van der Waals surface area contributed by atoms with E-state index in [0.29, 0.717) is 31.1 Å². The molecule has 1 aromatic heterocycles. The maximum atomic E-state index is 13.2. The van der Waals surface area contributed by atoms with Gasteiger partial charge in [0.25, 0.3) is 0 Å². The lowest BCUT2D eigenvalue weighted by Crippen LogP contribution is -2.25. The lowest BCUT2D eigenvalue weighted by Gasteiger charge is -2.20. The zero-order valence-electron chi connectivity index (χ0n) is 21.9. The number of hydrogen-bond donors (Lipinski definition) is 0. The van der Waals surface area contributed by atoms with Gasteiger partial charge in [0.2, 0.25) is 5.91 Å². The number of carbonyl (C=O) groups is 1. The molecule has 2 heterocycles. The van der Waals surface area contributed by atoms with E-state index in [9.17, 15) is 4.79 Å². The molecule has 3 aromatic carbocycles. The number of aryl methyl sites for hydroxylation is 3. The Kier molecular flexibility index (Phi) is 7.04. The number of rotatable bonds is 9. The maximum absolute atomic E-state index is 13.2. The van der Waals surface area contributed by atoms with Crippen LogP contribution in [-0.4, -0.2) is 42.8 Å². The first-order valence-corrected chi connectivity index (χ1v) is 12.7. The summed E-state index contributed by atoms with van der Waals surface area (Å²) in [6.45, 7) is 6.05. The Labute approximate surface area is 217 Å². The first-order chi connectivity index (χ1) is 18.0. The number of aromatic nitrogens is 2. The summed E-state index contributed by atoms with van der Waals surface area (Å²) in [5, 5.41) is 0. The van der Waals surface area contributed by atoms with Gasteiger partial charge in [0.05, 0.1) is 37.5 Å². The normalized spacial score (nSPS) is 15.4. The third kappa shape index (κ3) is 4.99. The van der Waals surface area contributed by atoms with E-state index in [-0.39, 0.29) is 11.8 Å². The van der Waals surface area contributed by atoms with E-state index >= 15 is 0 Å². The van der Waals surface area contributed by atoms with Gasteiger partial charge >= 0.3 is 0 Å². The zero-order valence-corrected chi connectivity index (χ0v) is 21.9. The van der Waals surface area contributed by atoms with Crippen molar-refractivity contribution in [3.05, 3.63) is 77.6 Å². The predicted octanol–water partition coefficient (Wildman–Crippen LogP) is 5.66. The molecular weight excluding hydrogens is 466 g/mol. The third-order valence-corrected chi connectivity index (χ3v) is 6.97. The predicted molar refractivity (Wildman–Crippen MR) is 145 cm³/mol. The number of fused-ring (bicyclic) bond motifs is 1. The molecule has 37 heavy (non-hydrogen) atoms. The smallest absolute Gasteiger partial charge is 0.227 e. The second-order valence-electron chi connectivity index (χ2n) is 9.52. The van der Waals surface area contributed by atoms with Crippen molar-refractivity contribution in [3.63, 3.8) is 0 Å². The van der Waals surface area contributed by atoms with Crippen LogP contribution in [-0.2, 0) is 11.3 Å². The SMILES string of the molecule is COc1ccc(OC)c(N2CC(c3nc4ccccc4n3CCCOc3ccc(C)cc3C)CC2=O)c1. The summed E-state index contributed by atoms with van der Waals surface area (Å²) >= 11 is 0. The van der Waals surface area contributed by atoms with E-state index in [1.54, 1.807) is 19.1 Å². The van der Waals surface area contributed by atoms with Gasteiger partial charge in [0.1, 0.15) is 23.1 Å². The van der Waals surface area contributed by atoms with Crippen LogP contribution in [0.5, 0.6) is 17.2 Å². The van der Waals surface area contributed by atoms with Crippen LogP contribution in [0.1, 0.15) is 35.7 Å². The molecule has 7 nitrogen and oxygen atoms in total. The number of benzene rings is 3. The van der Waals surface area contributed by atoms with Gasteiger partial charge in [-0.15, -0.1) is 0 Å². The summed E-state index contributed by atoms with van der Waals surface area (Å²) in [6, 6.07) is 19.9. The Hall–Kier alpha value is -4.00. The summed E-state index contributed by atoms with van der Waals surface area (Å²) in [5.41, 5.74) is 5.11. The topological polar surface area (TPSA) is 65.8 Å². The molecule has 1 aliphatic heterocycles. The minimum absolute atomic E-state index is 0.0314. The third-order valence-electron chi connectivity index (χ3n) is 6.97. The highest BCUT2D eigenvalue weighted by Crippen LogP contribution is 2.39. The zero-order chi connectivity index (χ0) is 25.9. The lowest BCUT2D eigenvalue weighted by molar-refractivity contribution is -0.117. The standard InChI is InChI=1S/C30H33N3O4/c1-20-10-12-27(21(2)16-20)37-15-7-14-32-25-9-6-5-8-24(25)31-30(32)22-17-29(34)33(19-22)26-18-23(35-3)11-13-28(26)36-4/h5-6,8-13,16,18,22H,7,14-15,17,19H2,1-4H3. The summed E-state index contributed by atoms with van der Waals surface area (Å²) in [7, 11) is 3.23. The molecular formula is C30H33N3O4. The van der Waals surface area contributed by atoms with Crippen molar-refractivity contribution in [2.75, 3.05) is 32.3 Å². The van der Waals surface area contributed by atoms with Crippen molar-refractivity contribution in [1.29, 1.82) is 0 Å². The average molecular weight is 500 g/mol. The maximum Gasteiger partial charge on any atom is 0.227 e. The molecule has 0 N–H and O–H groups in total. The van der Waals surface area contributed by atoms with Gasteiger partial charge in [0, 0.05) is 31.5 Å². The number of hydrogen-bond acceptors (Lipinski definition) is 5. The summed E-state index contributed by atoms with van der Waals surface area (Å²) in [6.07, 6.45) is 1.22. The fourth-order valence-electron chi connectivity index (χ4n) is 5.13. The van der Waals surface area contributed by atoms with E-state index in [2.05, 4.69) is 36.6 Å². The number of anilines is 1. The first-order valence-electron chi connectivity index (χ1n) is 12.7. The summed E-state index contributed by atoms with van der Waals surface area (Å²) in [4.78, 5) is 20.0. The molecule has 192 valence electrons. The van der Waals surface area contributed by atoms with Crippen molar-refractivity contribution >= 4 is 22.6 Å². The first kappa shape index (κ1) is 24.7. The Morgan fingerprint density at radius 3 is 2.57 bits per heavy atom. The highest BCUT2D eigenvalue weighted by molar-refractivity contribution is 5.98. The van der Waals surface area contributed by atoms with Crippen LogP contribution in [0.4, 0.5) is 5.69 Å². The molecule has 1 fully saturated rings. The quantitative estimate of drug-likeness (QED) is 0.278. The van der Waals surface area contributed by atoms with E-state index in [1.807, 2.05) is 42.5 Å². The van der Waals surface area contributed by atoms with E-state index in [0.717, 1.165) is 46.8 Å². The van der Waals surface area contributed by atoms with E-state index in [1.165, 1.54) is 5.56 Å². The Morgan fingerprint density at radius 2 is 1.78 bits per heavy atom. The minimum atomic E-state index is -0.0314. The molecule has 7 heteroatoms. The van der Waals surface area contributed by atoms with Gasteiger partial charge in [-0.3, -0.25) is 4.79 Å². The Balaban J connectivity index is 1.37. The van der Waals surface area contributed by atoms with Gasteiger partial charge < -0.3 is 23.7 Å². The molecule has 0 aliphatic carbocycles. The number of para-hydroxylation sites is 2. The van der Waals surface area contributed by atoms with Crippen molar-refractivity contribution in [3.8, 4) is 17.2 Å². The molecule has 1 saturated heterocycles. The van der Waals surface area contributed by atoms with E-state index < -0.39 is 0 Å².